The molecular weight excluding hydrogens is 194 g/mol. The number of amides is 1. The molecule has 13 heavy (non-hydrogen) atoms. The van der Waals surface area contributed by atoms with Crippen LogP contribution in [0.2, 0.25) is 0 Å². The summed E-state index contributed by atoms with van der Waals surface area (Å²) in [5, 5.41) is 14.8. The van der Waals surface area contributed by atoms with Crippen molar-refractivity contribution in [2.24, 2.45) is 5.92 Å². The molecule has 0 fully saturated rings. The average Bonchev–Trinajstić information content (AvgIpc) is 2.55. The van der Waals surface area contributed by atoms with Gasteiger partial charge in [0, 0.05) is 11.5 Å². The highest BCUT2D eigenvalue weighted by atomic mass is 32.1. The summed E-state index contributed by atoms with van der Waals surface area (Å²) in [7, 11) is 0. The maximum atomic E-state index is 11.1. The summed E-state index contributed by atoms with van der Waals surface area (Å²) < 4.78 is 3.51. The lowest BCUT2D eigenvalue weighted by Crippen LogP contribution is -2.26. The Balaban J connectivity index is 2.56. The fraction of sp³-hybridized carbons (Fsp3) is 0.333. The van der Waals surface area contributed by atoms with E-state index in [1.165, 1.54) is 13.1 Å². The number of carboxylic acid groups (broad SMARTS) is 1. The van der Waals surface area contributed by atoms with Crippen LogP contribution < -0.4 is 5.32 Å². The number of nitrogens with one attached hydrogen (secondary N) is 1. The summed E-state index contributed by atoms with van der Waals surface area (Å²) >= 11 is 0.994. The van der Waals surface area contributed by atoms with Gasteiger partial charge in [0.25, 0.3) is 0 Å². The highest BCUT2D eigenvalue weighted by Gasteiger charge is 2.20. The summed E-state index contributed by atoms with van der Waals surface area (Å²) in [4.78, 5) is 21.5. The molecule has 1 aromatic rings. The third kappa shape index (κ3) is 2.48. The molecule has 0 aliphatic rings. The van der Waals surface area contributed by atoms with Gasteiger partial charge in [0.1, 0.15) is 10.9 Å². The first-order valence-corrected chi connectivity index (χ1v) is 4.19. The van der Waals surface area contributed by atoms with Crippen molar-refractivity contribution in [3.8, 4) is 0 Å². The number of carboxylic acids is 1. The second kappa shape index (κ2) is 3.94. The first kappa shape index (κ1) is 9.59. The van der Waals surface area contributed by atoms with Crippen LogP contribution >= 0.6 is 11.5 Å². The van der Waals surface area contributed by atoms with Gasteiger partial charge in [0.05, 0.1) is 6.20 Å². The van der Waals surface area contributed by atoms with Gasteiger partial charge in [-0.3, -0.25) is 9.59 Å². The van der Waals surface area contributed by atoms with Crippen LogP contribution in [0.4, 0.5) is 5.00 Å². The first-order chi connectivity index (χ1) is 6.11. The molecule has 0 saturated carbocycles. The summed E-state index contributed by atoms with van der Waals surface area (Å²) in [6.07, 6.45) is 1.36. The average molecular weight is 201 g/mol. The van der Waals surface area contributed by atoms with Gasteiger partial charge in [-0.2, -0.15) is 0 Å². The van der Waals surface area contributed by atoms with Gasteiger partial charge in [-0.25, -0.2) is 0 Å². The molecule has 1 amide bonds. The number of carbonyl (C=O) groups excluding carboxylic acids is 1. The molecule has 0 aliphatic heterocycles. The van der Waals surface area contributed by atoms with Gasteiger partial charge in [0.2, 0.25) is 5.91 Å². The lowest BCUT2D eigenvalue weighted by Gasteiger charge is -2.04. The molecule has 1 atom stereocenters. The van der Waals surface area contributed by atoms with E-state index in [9.17, 15) is 9.59 Å². The van der Waals surface area contributed by atoms with E-state index in [1.54, 1.807) is 0 Å². The molecule has 0 bridgehead atoms. The quantitative estimate of drug-likeness (QED) is 0.681. The van der Waals surface area contributed by atoms with Crippen LogP contribution in [-0.4, -0.2) is 26.6 Å². The fourth-order valence-electron chi connectivity index (χ4n) is 0.564. The van der Waals surface area contributed by atoms with Gasteiger partial charge in [0.15, 0.2) is 0 Å². The molecule has 0 aromatic carbocycles. The van der Waals surface area contributed by atoms with Crippen molar-refractivity contribution in [1.29, 1.82) is 0 Å². The van der Waals surface area contributed by atoms with Gasteiger partial charge in [-0.1, -0.05) is 4.49 Å². The van der Waals surface area contributed by atoms with Gasteiger partial charge in [-0.05, 0) is 6.92 Å². The maximum absolute atomic E-state index is 11.1. The summed E-state index contributed by atoms with van der Waals surface area (Å²) in [6.45, 7) is 1.31. The Labute approximate surface area is 77.7 Å². The monoisotopic (exact) mass is 201 g/mol. The van der Waals surface area contributed by atoms with Gasteiger partial charge < -0.3 is 10.4 Å². The number of hydrogen-bond donors (Lipinski definition) is 2. The molecule has 2 N–H and O–H groups in total. The summed E-state index contributed by atoms with van der Waals surface area (Å²) in [5.41, 5.74) is 0. The number of rotatable bonds is 3. The third-order valence-electron chi connectivity index (χ3n) is 1.37. The summed E-state index contributed by atoms with van der Waals surface area (Å²) in [5.74, 6) is -2.80. The Morgan fingerprint density at radius 2 is 2.38 bits per heavy atom. The van der Waals surface area contributed by atoms with E-state index in [0.29, 0.717) is 5.00 Å². The van der Waals surface area contributed by atoms with Crippen LogP contribution in [0.5, 0.6) is 0 Å². The Kier molecular flexibility index (Phi) is 2.91. The molecule has 0 spiro atoms. The second-order valence-electron chi connectivity index (χ2n) is 2.33. The lowest BCUT2D eigenvalue weighted by molar-refractivity contribution is -0.144. The molecule has 0 radical (unpaired) electrons. The van der Waals surface area contributed by atoms with Crippen LogP contribution in [0.1, 0.15) is 6.92 Å². The van der Waals surface area contributed by atoms with Crippen molar-refractivity contribution >= 4 is 28.4 Å². The number of aromatic nitrogens is 2. The van der Waals surface area contributed by atoms with Crippen molar-refractivity contribution in [1.82, 2.24) is 9.59 Å². The Bertz CT molecular complexity index is 311. The molecule has 70 valence electrons. The minimum atomic E-state index is -1.16. The molecule has 1 aromatic heterocycles. The van der Waals surface area contributed by atoms with Crippen LogP contribution in [0.15, 0.2) is 6.20 Å². The zero-order valence-electron chi connectivity index (χ0n) is 6.72. The van der Waals surface area contributed by atoms with Crippen molar-refractivity contribution in [3.63, 3.8) is 0 Å². The molecule has 1 heterocycles. The minimum absolute atomic E-state index is 0.443. The zero-order chi connectivity index (χ0) is 9.84. The maximum Gasteiger partial charge on any atom is 0.315 e. The Morgan fingerprint density at radius 1 is 1.69 bits per heavy atom. The standard InChI is InChI=1S/C6H7N3O3S/c1-3(6(11)12)5(10)8-4-2-7-9-13-4/h2-3H,1H3,(H,8,10)(H,11,12). The zero-order valence-corrected chi connectivity index (χ0v) is 7.54. The van der Waals surface area contributed by atoms with Crippen LogP contribution in [0.25, 0.3) is 0 Å². The smallest absolute Gasteiger partial charge is 0.315 e. The lowest BCUT2D eigenvalue weighted by atomic mass is 10.2. The van der Waals surface area contributed by atoms with Crippen molar-refractivity contribution in [3.05, 3.63) is 6.20 Å². The number of hydrogen-bond acceptors (Lipinski definition) is 5. The number of carbonyl (C=O) groups is 2. The molecule has 6 nitrogen and oxygen atoms in total. The highest BCUT2D eigenvalue weighted by Crippen LogP contribution is 2.10. The molecular formula is C6H7N3O3S. The minimum Gasteiger partial charge on any atom is -0.481 e. The predicted molar refractivity (Wildman–Crippen MR) is 45.3 cm³/mol. The van der Waals surface area contributed by atoms with Gasteiger partial charge >= 0.3 is 5.97 Å². The van der Waals surface area contributed by atoms with Crippen LogP contribution in [0, 0.1) is 5.92 Å². The van der Waals surface area contributed by atoms with E-state index in [1.807, 2.05) is 0 Å². The molecule has 1 rings (SSSR count). The van der Waals surface area contributed by atoms with E-state index < -0.39 is 17.8 Å². The number of anilines is 1. The molecule has 7 heteroatoms. The van der Waals surface area contributed by atoms with Crippen molar-refractivity contribution in [2.75, 3.05) is 5.32 Å². The number of aliphatic carboxylic acids is 1. The van der Waals surface area contributed by atoms with E-state index in [-0.39, 0.29) is 0 Å². The largest absolute Gasteiger partial charge is 0.481 e. The summed E-state index contributed by atoms with van der Waals surface area (Å²) in [6, 6.07) is 0. The Morgan fingerprint density at radius 3 is 2.85 bits per heavy atom. The van der Waals surface area contributed by atoms with E-state index in [4.69, 9.17) is 5.11 Å². The van der Waals surface area contributed by atoms with Crippen LogP contribution in [-0.2, 0) is 9.59 Å². The third-order valence-corrected chi connectivity index (χ3v) is 1.95. The number of nitrogens with zero attached hydrogens (tertiary/aromatic N) is 2. The normalized spacial score (nSPS) is 12.1. The Hall–Kier alpha value is -1.50. The molecule has 0 aliphatic carbocycles. The van der Waals surface area contributed by atoms with E-state index >= 15 is 0 Å². The van der Waals surface area contributed by atoms with Crippen molar-refractivity contribution < 1.29 is 14.7 Å². The van der Waals surface area contributed by atoms with E-state index in [2.05, 4.69) is 14.9 Å². The van der Waals surface area contributed by atoms with Gasteiger partial charge in [-0.15, -0.1) is 5.10 Å². The molecule has 1 unspecified atom stereocenters. The predicted octanol–water partition coefficient (Wildman–Crippen LogP) is 0.197. The highest BCUT2D eigenvalue weighted by molar-refractivity contribution is 7.10. The topological polar surface area (TPSA) is 92.2 Å². The van der Waals surface area contributed by atoms with E-state index in [0.717, 1.165) is 11.5 Å². The van der Waals surface area contributed by atoms with Crippen molar-refractivity contribution in [2.45, 2.75) is 6.92 Å². The SMILES string of the molecule is CC(C(=O)O)C(=O)Nc1cnns1. The first-order valence-electron chi connectivity index (χ1n) is 3.42. The second-order valence-corrected chi connectivity index (χ2v) is 3.12. The fourth-order valence-corrected chi connectivity index (χ4v) is 0.987. The van der Waals surface area contributed by atoms with Crippen LogP contribution in [0.3, 0.4) is 0 Å². The molecule has 0 saturated heterocycles.